The molecule has 80 valence electrons. The van der Waals surface area contributed by atoms with Gasteiger partial charge in [-0.2, -0.15) is 0 Å². The number of aliphatic hydroxyl groups excluding tert-OH is 2. The second-order valence-electron chi connectivity index (χ2n) is 2.68. The monoisotopic (exact) mass is 202 g/mol. The summed E-state index contributed by atoms with van der Waals surface area (Å²) >= 11 is 0. The Morgan fingerprint density at radius 1 is 1.00 bits per heavy atom. The van der Waals surface area contributed by atoms with Gasteiger partial charge in [-0.05, 0) is 25.7 Å². The topological polar surface area (TPSA) is 122 Å². The van der Waals surface area contributed by atoms with Gasteiger partial charge in [0.05, 0.1) is 12.2 Å². The first-order chi connectivity index (χ1) is 6.62. The molecule has 1 fully saturated rings. The minimum absolute atomic E-state index is 0.237. The van der Waals surface area contributed by atoms with Crippen molar-refractivity contribution in [2.24, 2.45) is 0 Å². The lowest BCUT2D eigenvalue weighted by atomic mass is 9.95. The van der Waals surface area contributed by atoms with Crippen molar-refractivity contribution in [3.63, 3.8) is 0 Å². The molecule has 14 heavy (non-hydrogen) atoms. The van der Waals surface area contributed by atoms with Gasteiger partial charge >= 0.3 is 0 Å². The van der Waals surface area contributed by atoms with Crippen molar-refractivity contribution >= 4 is 12.2 Å². The molecule has 4 N–H and O–H groups in total. The van der Waals surface area contributed by atoms with Crippen LogP contribution in [0.15, 0.2) is 0 Å². The van der Waals surface area contributed by atoms with Crippen LogP contribution in [-0.2, 0) is 9.59 Å². The maximum absolute atomic E-state index is 8.92. The number of isocyanates is 2. The molecule has 0 aromatic rings. The first kappa shape index (κ1) is 15.2. The first-order valence-corrected chi connectivity index (χ1v) is 4.06. The molecule has 0 aromatic carbocycles. The van der Waals surface area contributed by atoms with E-state index in [0.29, 0.717) is 6.42 Å². The summed E-state index contributed by atoms with van der Waals surface area (Å²) in [6, 6.07) is 0. The van der Waals surface area contributed by atoms with Crippen LogP contribution in [-0.4, -0.2) is 34.6 Å². The average molecular weight is 202 g/mol. The van der Waals surface area contributed by atoms with Crippen LogP contribution in [0.5, 0.6) is 0 Å². The number of hydrogen-bond donors (Lipinski definition) is 4. The highest BCUT2D eigenvalue weighted by atomic mass is 16.3. The zero-order valence-corrected chi connectivity index (χ0v) is 7.69. The molecule has 0 heterocycles. The summed E-state index contributed by atoms with van der Waals surface area (Å²) in [5, 5.41) is 28.6. The van der Waals surface area contributed by atoms with E-state index in [1.165, 1.54) is 0 Å². The van der Waals surface area contributed by atoms with Gasteiger partial charge in [0.25, 0.3) is 0 Å². The van der Waals surface area contributed by atoms with Gasteiger partial charge in [-0.15, -0.1) is 0 Å². The smallest absolute Gasteiger partial charge is 0.231 e. The number of carbonyl (C=O) groups excluding carboxylic acids is 2. The molecule has 6 nitrogen and oxygen atoms in total. The van der Waals surface area contributed by atoms with E-state index >= 15 is 0 Å². The van der Waals surface area contributed by atoms with Crippen LogP contribution in [0, 0.1) is 10.8 Å². The lowest BCUT2D eigenvalue weighted by Gasteiger charge is -2.20. The third-order valence-corrected chi connectivity index (χ3v) is 1.62. The van der Waals surface area contributed by atoms with Crippen LogP contribution in [0.3, 0.4) is 0 Å². The number of nitrogens with one attached hydrogen (secondary N) is 2. The van der Waals surface area contributed by atoms with Gasteiger partial charge in [0.2, 0.25) is 12.2 Å². The zero-order valence-electron chi connectivity index (χ0n) is 7.69. The Labute approximate surface area is 81.6 Å². The number of aliphatic hydroxyl groups is 2. The molecule has 1 aliphatic carbocycles. The lowest BCUT2D eigenvalue weighted by molar-refractivity contribution is 0.0406. The van der Waals surface area contributed by atoms with Gasteiger partial charge in [-0.3, -0.25) is 0 Å². The van der Waals surface area contributed by atoms with Crippen LogP contribution in [0.2, 0.25) is 0 Å². The zero-order chi connectivity index (χ0) is 11.4. The molecule has 2 atom stereocenters. The van der Waals surface area contributed by atoms with E-state index in [4.69, 9.17) is 30.6 Å². The molecule has 0 radical (unpaired) electrons. The van der Waals surface area contributed by atoms with Gasteiger partial charge in [-0.25, -0.2) is 20.4 Å². The molecule has 1 rings (SSSR count). The summed E-state index contributed by atoms with van der Waals surface area (Å²) in [5.41, 5.74) is 0. The maximum atomic E-state index is 8.92. The van der Waals surface area contributed by atoms with Gasteiger partial charge in [0, 0.05) is 0 Å². The van der Waals surface area contributed by atoms with Crippen molar-refractivity contribution < 1.29 is 19.8 Å². The molecule has 1 aliphatic rings. The van der Waals surface area contributed by atoms with Crippen molar-refractivity contribution in [1.82, 2.24) is 0 Å². The summed E-state index contributed by atoms with van der Waals surface area (Å²) in [6.45, 7) is 0. The van der Waals surface area contributed by atoms with E-state index < -0.39 is 0 Å². The molecule has 0 aliphatic heterocycles. The second-order valence-corrected chi connectivity index (χ2v) is 2.68. The van der Waals surface area contributed by atoms with E-state index in [-0.39, 0.29) is 12.2 Å². The van der Waals surface area contributed by atoms with Crippen LogP contribution < -0.4 is 0 Å². The van der Waals surface area contributed by atoms with Gasteiger partial charge < -0.3 is 10.2 Å². The average Bonchev–Trinajstić information content (AvgIpc) is 2.06. The normalized spacial score (nSPS) is 23.9. The highest BCUT2D eigenvalue weighted by Gasteiger charge is 2.16. The molecule has 2 unspecified atom stereocenters. The SMILES string of the molecule is N=C=O.N=C=O.OC1CCCC(O)C1. The standard InChI is InChI=1S/C6H12O2.2CHNO/c7-5-2-1-3-6(8)4-5;2*2-1-3/h5-8H,1-4H2;2*2H. The second kappa shape index (κ2) is 11.7. The molecule has 1 saturated carbocycles. The maximum Gasteiger partial charge on any atom is 0.231 e. The summed E-state index contributed by atoms with van der Waals surface area (Å²) in [5.74, 6) is 0. The highest BCUT2D eigenvalue weighted by molar-refractivity contribution is 5.26. The molecular formula is C8H14N2O4. The summed E-state index contributed by atoms with van der Waals surface area (Å²) < 4.78 is 0. The Morgan fingerprint density at radius 3 is 1.43 bits per heavy atom. The van der Waals surface area contributed by atoms with Crippen molar-refractivity contribution in [3.8, 4) is 0 Å². The number of rotatable bonds is 0. The van der Waals surface area contributed by atoms with E-state index in [9.17, 15) is 0 Å². The Hall–Kier alpha value is -1.32. The predicted octanol–water partition coefficient (Wildman–Crippen LogP) is 0.0841. The van der Waals surface area contributed by atoms with Crippen LogP contribution >= 0.6 is 0 Å². The molecule has 0 bridgehead atoms. The quantitative estimate of drug-likeness (QED) is 0.328. The molecular weight excluding hydrogens is 188 g/mol. The largest absolute Gasteiger partial charge is 0.393 e. The molecule has 0 aromatic heterocycles. The van der Waals surface area contributed by atoms with Crippen molar-refractivity contribution in [2.45, 2.75) is 37.9 Å². The Kier molecular flexibility index (Phi) is 12.7. The summed E-state index contributed by atoms with van der Waals surface area (Å²) in [4.78, 5) is 16.7. The molecule has 0 amide bonds. The predicted molar refractivity (Wildman–Crippen MR) is 47.3 cm³/mol. The lowest BCUT2D eigenvalue weighted by Crippen LogP contribution is -2.22. The first-order valence-electron chi connectivity index (χ1n) is 4.06. The fourth-order valence-corrected chi connectivity index (χ4v) is 1.14. The van der Waals surface area contributed by atoms with E-state index in [1.807, 2.05) is 0 Å². The van der Waals surface area contributed by atoms with Gasteiger partial charge in [-0.1, -0.05) is 0 Å². The van der Waals surface area contributed by atoms with Gasteiger partial charge in [0.1, 0.15) is 0 Å². The Bertz CT molecular complexity index is 176. The third kappa shape index (κ3) is 13.3. The van der Waals surface area contributed by atoms with Crippen molar-refractivity contribution in [2.75, 3.05) is 0 Å². The fourth-order valence-electron chi connectivity index (χ4n) is 1.14. The minimum atomic E-state index is -0.237. The summed E-state index contributed by atoms with van der Waals surface area (Å²) in [6.07, 6.45) is 4.33. The van der Waals surface area contributed by atoms with Crippen molar-refractivity contribution in [3.05, 3.63) is 0 Å². The Balaban J connectivity index is 0. The van der Waals surface area contributed by atoms with Crippen LogP contribution in [0.1, 0.15) is 25.7 Å². The molecule has 0 spiro atoms. The minimum Gasteiger partial charge on any atom is -0.393 e. The van der Waals surface area contributed by atoms with Crippen LogP contribution in [0.25, 0.3) is 0 Å². The van der Waals surface area contributed by atoms with E-state index in [0.717, 1.165) is 31.4 Å². The molecule has 6 heteroatoms. The number of hydrogen-bond acceptors (Lipinski definition) is 6. The highest BCUT2D eigenvalue weighted by Crippen LogP contribution is 2.17. The fraction of sp³-hybridized carbons (Fsp3) is 0.750. The third-order valence-electron chi connectivity index (χ3n) is 1.62. The van der Waals surface area contributed by atoms with Crippen LogP contribution in [0.4, 0.5) is 0 Å². The van der Waals surface area contributed by atoms with E-state index in [2.05, 4.69) is 0 Å². The Morgan fingerprint density at radius 2 is 1.29 bits per heavy atom. The van der Waals surface area contributed by atoms with Gasteiger partial charge in [0.15, 0.2) is 0 Å². The summed E-state index contributed by atoms with van der Waals surface area (Å²) in [7, 11) is 0. The van der Waals surface area contributed by atoms with E-state index in [1.54, 1.807) is 0 Å². The molecule has 0 saturated heterocycles. The van der Waals surface area contributed by atoms with Crippen molar-refractivity contribution in [1.29, 1.82) is 10.8 Å².